The maximum absolute atomic E-state index is 12.9. The van der Waals surface area contributed by atoms with Crippen molar-refractivity contribution < 1.29 is 28.6 Å². The lowest BCUT2D eigenvalue weighted by Crippen LogP contribution is -2.50. The summed E-state index contributed by atoms with van der Waals surface area (Å²) in [6, 6.07) is 9.60. The van der Waals surface area contributed by atoms with Gasteiger partial charge in [0.25, 0.3) is 0 Å². The van der Waals surface area contributed by atoms with Gasteiger partial charge in [0.05, 0.1) is 7.11 Å². The molecule has 0 saturated carbocycles. The van der Waals surface area contributed by atoms with E-state index in [1.165, 1.54) is 29.1 Å². The molecule has 182 valence electrons. The predicted octanol–water partition coefficient (Wildman–Crippen LogP) is 2.59. The standard InChI is InChI=1S/C23H28N4O7/c1-23(2,3)34-22(31)27(21(30)33-15-16-9-6-5-7-10-16)18-12-14-26(20(29)24-18)25-13-8-11-17(25)19(28)32-4/h5-7,9-10,12,14,17H,8,11,13,15H2,1-4H3/t17-/m0/s1. The highest BCUT2D eigenvalue weighted by atomic mass is 16.6. The summed E-state index contributed by atoms with van der Waals surface area (Å²) < 4.78 is 16.6. The SMILES string of the molecule is COC(=O)[C@@H]1CCCN1n1ccc(N(C(=O)OCc2ccccc2)C(=O)OC(C)(C)C)nc1=O. The predicted molar refractivity (Wildman–Crippen MR) is 122 cm³/mol. The molecule has 0 N–H and O–H groups in total. The van der Waals surface area contributed by atoms with Gasteiger partial charge in [-0.1, -0.05) is 30.3 Å². The van der Waals surface area contributed by atoms with Gasteiger partial charge < -0.3 is 14.2 Å². The van der Waals surface area contributed by atoms with Crippen molar-refractivity contribution in [2.75, 3.05) is 23.6 Å². The van der Waals surface area contributed by atoms with Crippen molar-refractivity contribution in [1.82, 2.24) is 9.66 Å². The fourth-order valence-corrected chi connectivity index (χ4v) is 3.45. The second-order valence-electron chi connectivity index (χ2n) is 8.61. The van der Waals surface area contributed by atoms with E-state index in [0.29, 0.717) is 29.8 Å². The van der Waals surface area contributed by atoms with E-state index in [2.05, 4.69) is 4.98 Å². The molecule has 2 amide bonds. The van der Waals surface area contributed by atoms with Crippen LogP contribution in [0.2, 0.25) is 0 Å². The lowest BCUT2D eigenvalue weighted by molar-refractivity contribution is -0.142. The summed E-state index contributed by atoms with van der Waals surface area (Å²) in [5.74, 6) is -0.726. The van der Waals surface area contributed by atoms with Crippen molar-refractivity contribution in [3.63, 3.8) is 0 Å². The zero-order valence-corrected chi connectivity index (χ0v) is 19.6. The molecule has 0 bridgehead atoms. The minimum absolute atomic E-state index is 0.0926. The molecule has 1 fully saturated rings. The highest BCUT2D eigenvalue weighted by molar-refractivity contribution is 6.08. The molecule has 1 aromatic heterocycles. The molecule has 1 aliphatic heterocycles. The van der Waals surface area contributed by atoms with Gasteiger partial charge in [-0.2, -0.15) is 9.88 Å². The normalized spacial score (nSPS) is 15.5. The zero-order chi connectivity index (χ0) is 24.9. The van der Waals surface area contributed by atoms with E-state index in [4.69, 9.17) is 14.2 Å². The van der Waals surface area contributed by atoms with Gasteiger partial charge in [0.15, 0.2) is 5.82 Å². The minimum Gasteiger partial charge on any atom is -0.467 e. The molecule has 1 aromatic carbocycles. The Morgan fingerprint density at radius 2 is 1.82 bits per heavy atom. The van der Waals surface area contributed by atoms with Gasteiger partial charge in [0.1, 0.15) is 18.2 Å². The van der Waals surface area contributed by atoms with Crippen LogP contribution in [0.3, 0.4) is 0 Å². The molecule has 3 rings (SSSR count). The van der Waals surface area contributed by atoms with Gasteiger partial charge in [0.2, 0.25) is 0 Å². The zero-order valence-electron chi connectivity index (χ0n) is 19.6. The van der Waals surface area contributed by atoms with Crippen LogP contribution < -0.4 is 15.6 Å². The third kappa shape index (κ3) is 5.91. The number of benzene rings is 1. The Balaban J connectivity index is 1.88. The second-order valence-corrected chi connectivity index (χ2v) is 8.61. The Labute approximate surface area is 196 Å². The summed E-state index contributed by atoms with van der Waals surface area (Å²) in [7, 11) is 1.28. The highest BCUT2D eigenvalue weighted by Crippen LogP contribution is 2.19. The van der Waals surface area contributed by atoms with Gasteiger partial charge >= 0.3 is 23.8 Å². The van der Waals surface area contributed by atoms with Crippen LogP contribution in [0.25, 0.3) is 0 Å². The fraction of sp³-hybridized carbons (Fsp3) is 0.435. The summed E-state index contributed by atoms with van der Waals surface area (Å²) in [4.78, 5) is 55.0. The number of rotatable bonds is 5. The molecule has 11 nitrogen and oxygen atoms in total. The summed E-state index contributed by atoms with van der Waals surface area (Å²) in [6.45, 7) is 5.28. The highest BCUT2D eigenvalue weighted by Gasteiger charge is 2.35. The maximum Gasteiger partial charge on any atom is 0.425 e. The molecule has 1 aliphatic rings. The summed E-state index contributed by atoms with van der Waals surface area (Å²) in [5, 5.41) is 1.54. The molecular formula is C23H28N4O7. The summed E-state index contributed by atoms with van der Waals surface area (Å²) >= 11 is 0. The van der Waals surface area contributed by atoms with Crippen molar-refractivity contribution >= 4 is 24.0 Å². The van der Waals surface area contributed by atoms with Crippen LogP contribution in [0.4, 0.5) is 15.4 Å². The average Bonchev–Trinajstić information content (AvgIpc) is 3.26. The van der Waals surface area contributed by atoms with Crippen LogP contribution >= 0.6 is 0 Å². The molecule has 0 unspecified atom stereocenters. The Hall–Kier alpha value is -3.89. The number of hydrogen-bond donors (Lipinski definition) is 0. The van der Waals surface area contributed by atoms with Crippen LogP contribution in [0.15, 0.2) is 47.4 Å². The molecule has 1 atom stereocenters. The van der Waals surface area contributed by atoms with Crippen LogP contribution in [-0.4, -0.2) is 53.1 Å². The van der Waals surface area contributed by atoms with Crippen molar-refractivity contribution in [3.05, 3.63) is 58.6 Å². The number of nitrogens with zero attached hydrogens (tertiary/aromatic N) is 4. The van der Waals surface area contributed by atoms with Gasteiger partial charge in [0, 0.05) is 18.8 Å². The number of imide groups is 1. The first kappa shape index (κ1) is 24.7. The molecule has 0 aliphatic carbocycles. The largest absolute Gasteiger partial charge is 0.467 e. The topological polar surface area (TPSA) is 120 Å². The number of methoxy groups -OCH3 is 1. The lowest BCUT2D eigenvalue weighted by Gasteiger charge is -2.27. The Morgan fingerprint density at radius 3 is 2.44 bits per heavy atom. The summed E-state index contributed by atoms with van der Waals surface area (Å²) in [6.07, 6.45) is 0.467. The number of hydrogen-bond acceptors (Lipinski definition) is 9. The van der Waals surface area contributed by atoms with Crippen molar-refractivity contribution in [2.45, 2.75) is 51.9 Å². The van der Waals surface area contributed by atoms with Crippen LogP contribution in [-0.2, 0) is 25.6 Å². The first-order chi connectivity index (χ1) is 16.1. The van der Waals surface area contributed by atoms with E-state index in [0.717, 1.165) is 0 Å². The Kier molecular flexibility index (Phi) is 7.54. The van der Waals surface area contributed by atoms with E-state index in [1.807, 2.05) is 6.07 Å². The number of anilines is 1. The van der Waals surface area contributed by atoms with Crippen molar-refractivity contribution in [3.8, 4) is 0 Å². The van der Waals surface area contributed by atoms with Crippen LogP contribution in [0.5, 0.6) is 0 Å². The number of carbonyl (C=O) groups is 3. The second kappa shape index (κ2) is 10.4. The van der Waals surface area contributed by atoms with Gasteiger partial charge in [-0.05, 0) is 39.2 Å². The van der Waals surface area contributed by atoms with Crippen LogP contribution in [0, 0.1) is 0 Å². The fourth-order valence-electron chi connectivity index (χ4n) is 3.45. The van der Waals surface area contributed by atoms with Gasteiger partial charge in [-0.25, -0.2) is 23.9 Å². The molecule has 2 aromatic rings. The van der Waals surface area contributed by atoms with Gasteiger partial charge in [-0.15, -0.1) is 0 Å². The molecule has 0 spiro atoms. The number of aromatic nitrogens is 2. The monoisotopic (exact) mass is 472 g/mol. The Morgan fingerprint density at radius 1 is 1.12 bits per heavy atom. The molecule has 1 saturated heterocycles. The first-order valence-corrected chi connectivity index (χ1v) is 10.8. The van der Waals surface area contributed by atoms with Crippen molar-refractivity contribution in [2.24, 2.45) is 0 Å². The lowest BCUT2D eigenvalue weighted by atomic mass is 10.2. The summed E-state index contributed by atoms with van der Waals surface area (Å²) in [5.41, 5.74) is -0.975. The van der Waals surface area contributed by atoms with Crippen molar-refractivity contribution in [1.29, 1.82) is 0 Å². The number of carbonyl (C=O) groups excluding carboxylic acids is 3. The maximum atomic E-state index is 12.9. The number of amides is 2. The van der Waals surface area contributed by atoms with E-state index in [-0.39, 0.29) is 12.4 Å². The van der Waals surface area contributed by atoms with Crippen LogP contribution in [0.1, 0.15) is 39.2 Å². The molecule has 11 heteroatoms. The third-order valence-corrected chi connectivity index (χ3v) is 4.94. The average molecular weight is 472 g/mol. The van der Waals surface area contributed by atoms with E-state index < -0.39 is 35.5 Å². The first-order valence-electron chi connectivity index (χ1n) is 10.8. The minimum atomic E-state index is -1.05. The quantitative estimate of drug-likeness (QED) is 0.477. The van der Waals surface area contributed by atoms with Gasteiger partial charge in [-0.3, -0.25) is 5.01 Å². The van der Waals surface area contributed by atoms with E-state index >= 15 is 0 Å². The van der Waals surface area contributed by atoms with E-state index in [1.54, 1.807) is 45.0 Å². The van der Waals surface area contributed by atoms with E-state index in [9.17, 15) is 19.2 Å². The molecule has 34 heavy (non-hydrogen) atoms. The molecule has 2 heterocycles. The smallest absolute Gasteiger partial charge is 0.425 e. The Bertz CT molecular complexity index is 1090. The molecule has 0 radical (unpaired) electrons. The molecular weight excluding hydrogens is 444 g/mol. The number of esters is 1. The number of ether oxygens (including phenoxy) is 3. The third-order valence-electron chi connectivity index (χ3n) is 4.94.